The van der Waals surface area contributed by atoms with Crippen LogP contribution in [-0.2, 0) is 11.3 Å². The van der Waals surface area contributed by atoms with Crippen molar-refractivity contribution in [3.63, 3.8) is 0 Å². The topological polar surface area (TPSA) is 90.5 Å². The number of fused-ring (bicyclic) bond motifs is 1. The quantitative estimate of drug-likeness (QED) is 0.660. The lowest BCUT2D eigenvalue weighted by atomic mass is 10.2. The Morgan fingerprint density at radius 2 is 2.06 bits per heavy atom. The number of rotatable bonds is 7. The lowest BCUT2D eigenvalue weighted by Gasteiger charge is -2.35. The van der Waals surface area contributed by atoms with Gasteiger partial charge in [-0.3, -0.25) is 14.5 Å². The van der Waals surface area contributed by atoms with Crippen LogP contribution in [0, 0.1) is 5.95 Å². The molecule has 2 amide bonds. The summed E-state index contributed by atoms with van der Waals surface area (Å²) >= 11 is 0. The SMILES string of the molecule is CCCC(=O)Nc1cc(CN2CCN(c3ccc(C(=O)NC)nc3F)C3CC32)ccn1. The molecule has 164 valence electrons. The third-order valence-corrected chi connectivity index (χ3v) is 5.77. The second-order valence-electron chi connectivity index (χ2n) is 7.97. The van der Waals surface area contributed by atoms with E-state index in [4.69, 9.17) is 0 Å². The first-order chi connectivity index (χ1) is 15.0. The average Bonchev–Trinajstić information content (AvgIpc) is 3.55. The van der Waals surface area contributed by atoms with Crippen molar-refractivity contribution in [3.05, 3.63) is 47.7 Å². The first kappa shape index (κ1) is 21.2. The summed E-state index contributed by atoms with van der Waals surface area (Å²) in [6.45, 7) is 4.19. The number of hydrogen-bond acceptors (Lipinski definition) is 6. The minimum absolute atomic E-state index is 0.0268. The summed E-state index contributed by atoms with van der Waals surface area (Å²) in [6.07, 6.45) is 3.95. The van der Waals surface area contributed by atoms with E-state index in [0.29, 0.717) is 30.5 Å². The molecule has 0 radical (unpaired) electrons. The summed E-state index contributed by atoms with van der Waals surface area (Å²) in [5.74, 6) is -0.462. The zero-order valence-corrected chi connectivity index (χ0v) is 17.8. The molecule has 1 saturated carbocycles. The fourth-order valence-corrected chi connectivity index (χ4v) is 4.16. The molecule has 2 aromatic rings. The largest absolute Gasteiger partial charge is 0.362 e. The highest BCUT2D eigenvalue weighted by Gasteiger charge is 2.49. The minimum Gasteiger partial charge on any atom is -0.362 e. The summed E-state index contributed by atoms with van der Waals surface area (Å²) in [4.78, 5) is 36.0. The molecule has 0 spiro atoms. The third kappa shape index (κ3) is 4.66. The van der Waals surface area contributed by atoms with E-state index in [-0.39, 0.29) is 17.6 Å². The normalized spacial score (nSPS) is 20.2. The van der Waals surface area contributed by atoms with Crippen LogP contribution in [0.4, 0.5) is 15.9 Å². The molecule has 0 aromatic carbocycles. The predicted octanol–water partition coefficient (Wildman–Crippen LogP) is 2.18. The Bertz CT molecular complexity index is 984. The number of hydrogen-bond donors (Lipinski definition) is 2. The van der Waals surface area contributed by atoms with Gasteiger partial charge < -0.3 is 15.5 Å². The van der Waals surface area contributed by atoms with E-state index in [1.165, 1.54) is 7.05 Å². The molecule has 3 heterocycles. The van der Waals surface area contributed by atoms with Crippen LogP contribution in [0.15, 0.2) is 30.5 Å². The van der Waals surface area contributed by atoms with Crippen LogP contribution in [0.2, 0.25) is 0 Å². The summed E-state index contributed by atoms with van der Waals surface area (Å²) in [5, 5.41) is 5.30. The number of carbonyl (C=O) groups excluding carboxylic acids is 2. The molecule has 2 aromatic heterocycles. The Hall–Kier alpha value is -3.07. The molecule has 4 rings (SSSR count). The minimum atomic E-state index is -0.609. The van der Waals surface area contributed by atoms with Crippen molar-refractivity contribution in [2.45, 2.75) is 44.8 Å². The van der Waals surface area contributed by atoms with E-state index in [2.05, 4.69) is 30.4 Å². The summed E-state index contributed by atoms with van der Waals surface area (Å²) in [6, 6.07) is 7.66. The monoisotopic (exact) mass is 426 g/mol. The van der Waals surface area contributed by atoms with E-state index >= 15 is 0 Å². The van der Waals surface area contributed by atoms with Gasteiger partial charge in [0.05, 0.1) is 5.69 Å². The molecule has 9 heteroatoms. The van der Waals surface area contributed by atoms with Gasteiger partial charge in [-0.1, -0.05) is 6.92 Å². The molecule has 2 N–H and O–H groups in total. The van der Waals surface area contributed by atoms with Crippen molar-refractivity contribution in [1.29, 1.82) is 0 Å². The van der Waals surface area contributed by atoms with Gasteiger partial charge in [0.1, 0.15) is 11.5 Å². The number of aromatic nitrogens is 2. The number of amides is 2. The number of carbonyl (C=O) groups is 2. The second-order valence-corrected chi connectivity index (χ2v) is 7.97. The summed E-state index contributed by atoms with van der Waals surface area (Å²) in [5.41, 5.74) is 1.61. The number of piperazine rings is 1. The van der Waals surface area contributed by atoms with Crippen molar-refractivity contribution in [1.82, 2.24) is 20.2 Å². The van der Waals surface area contributed by atoms with Gasteiger partial charge in [-0.2, -0.15) is 4.39 Å². The molecule has 2 unspecified atom stereocenters. The third-order valence-electron chi connectivity index (χ3n) is 5.77. The van der Waals surface area contributed by atoms with E-state index in [9.17, 15) is 14.0 Å². The van der Waals surface area contributed by atoms with Crippen LogP contribution < -0.4 is 15.5 Å². The van der Waals surface area contributed by atoms with Crippen LogP contribution in [0.3, 0.4) is 0 Å². The zero-order valence-electron chi connectivity index (χ0n) is 17.8. The van der Waals surface area contributed by atoms with E-state index in [1.54, 1.807) is 18.3 Å². The Labute approximate surface area is 180 Å². The molecule has 0 bridgehead atoms. The fourth-order valence-electron chi connectivity index (χ4n) is 4.16. The molecule has 2 aliphatic rings. The van der Waals surface area contributed by atoms with Crippen LogP contribution in [0.1, 0.15) is 42.2 Å². The van der Waals surface area contributed by atoms with Crippen LogP contribution >= 0.6 is 0 Å². The highest BCUT2D eigenvalue weighted by molar-refractivity contribution is 5.92. The first-order valence-electron chi connectivity index (χ1n) is 10.6. The highest BCUT2D eigenvalue weighted by atomic mass is 19.1. The van der Waals surface area contributed by atoms with Crippen molar-refractivity contribution >= 4 is 23.3 Å². The number of nitrogens with one attached hydrogen (secondary N) is 2. The maximum absolute atomic E-state index is 14.6. The number of nitrogens with zero attached hydrogens (tertiary/aromatic N) is 4. The Balaban J connectivity index is 1.39. The maximum Gasteiger partial charge on any atom is 0.269 e. The van der Waals surface area contributed by atoms with E-state index in [1.807, 2.05) is 19.1 Å². The van der Waals surface area contributed by atoms with E-state index in [0.717, 1.165) is 31.5 Å². The van der Waals surface area contributed by atoms with Gasteiger partial charge in [0.2, 0.25) is 11.9 Å². The van der Waals surface area contributed by atoms with Crippen LogP contribution in [0.5, 0.6) is 0 Å². The number of anilines is 2. The average molecular weight is 426 g/mol. The van der Waals surface area contributed by atoms with Crippen molar-refractivity contribution in [3.8, 4) is 0 Å². The van der Waals surface area contributed by atoms with Gasteiger partial charge in [0.15, 0.2) is 0 Å². The smallest absolute Gasteiger partial charge is 0.269 e. The van der Waals surface area contributed by atoms with Crippen molar-refractivity contribution in [2.75, 3.05) is 30.4 Å². The molecule has 31 heavy (non-hydrogen) atoms. The van der Waals surface area contributed by atoms with Gasteiger partial charge in [-0.05, 0) is 42.7 Å². The van der Waals surface area contributed by atoms with Crippen molar-refractivity contribution in [2.24, 2.45) is 0 Å². The van der Waals surface area contributed by atoms with Gasteiger partial charge in [0, 0.05) is 51.4 Å². The lowest BCUT2D eigenvalue weighted by Crippen LogP contribution is -2.46. The Morgan fingerprint density at radius 3 is 2.81 bits per heavy atom. The first-order valence-corrected chi connectivity index (χ1v) is 10.6. The molecule has 1 aliphatic heterocycles. The number of halogens is 1. The van der Waals surface area contributed by atoms with Gasteiger partial charge in [-0.15, -0.1) is 0 Å². The molecule has 2 atom stereocenters. The molecule has 2 fully saturated rings. The zero-order chi connectivity index (χ0) is 22.0. The van der Waals surface area contributed by atoms with Crippen LogP contribution in [0.25, 0.3) is 0 Å². The Kier molecular flexibility index (Phi) is 6.13. The second kappa shape index (κ2) is 8.97. The molecule has 1 aliphatic carbocycles. The fraction of sp³-hybridized carbons (Fsp3) is 0.455. The predicted molar refractivity (Wildman–Crippen MR) is 115 cm³/mol. The Morgan fingerprint density at radius 1 is 1.23 bits per heavy atom. The standard InChI is InChI=1S/C22H27FN6O2/c1-3-4-20(30)27-19-11-14(7-8-25-19)13-28-9-10-29(18-12-17(18)28)16-6-5-15(22(31)24-2)26-21(16)23/h5-8,11,17-18H,3-4,9-10,12-13H2,1-2H3,(H,24,31)(H,25,27,30). The highest BCUT2D eigenvalue weighted by Crippen LogP contribution is 2.40. The van der Waals surface area contributed by atoms with Gasteiger partial charge in [0.25, 0.3) is 5.91 Å². The molecule has 8 nitrogen and oxygen atoms in total. The summed E-state index contributed by atoms with van der Waals surface area (Å²) < 4.78 is 14.6. The number of pyridine rings is 2. The molecular formula is C22H27FN6O2. The van der Waals surface area contributed by atoms with Gasteiger partial charge >= 0.3 is 0 Å². The molecular weight excluding hydrogens is 399 g/mol. The van der Waals surface area contributed by atoms with Crippen molar-refractivity contribution < 1.29 is 14.0 Å². The molecule has 1 saturated heterocycles. The lowest BCUT2D eigenvalue weighted by molar-refractivity contribution is -0.116. The summed E-state index contributed by atoms with van der Waals surface area (Å²) in [7, 11) is 1.49. The van der Waals surface area contributed by atoms with E-state index < -0.39 is 11.9 Å². The van der Waals surface area contributed by atoms with Gasteiger partial charge in [-0.25, -0.2) is 9.97 Å². The maximum atomic E-state index is 14.6. The van der Waals surface area contributed by atoms with Crippen LogP contribution in [-0.4, -0.2) is 58.9 Å².